The van der Waals surface area contributed by atoms with Crippen LogP contribution < -0.4 is 15.5 Å². The summed E-state index contributed by atoms with van der Waals surface area (Å²) in [6.45, 7) is 2.66. The maximum Gasteiger partial charge on any atom is 0.324 e. The number of hydrogen-bond acceptors (Lipinski definition) is 3. The maximum atomic E-state index is 12.3. The van der Waals surface area contributed by atoms with Gasteiger partial charge in [0.2, 0.25) is 0 Å². The van der Waals surface area contributed by atoms with Crippen LogP contribution >= 0.6 is 11.6 Å². The van der Waals surface area contributed by atoms with Crippen LogP contribution in [0, 0.1) is 0 Å². The molecule has 0 saturated carbocycles. The normalized spacial score (nSPS) is 16.7. The number of nitrogens with zero attached hydrogens (tertiary/aromatic N) is 1. The second-order valence-corrected chi connectivity index (χ2v) is 5.96. The number of hydrogen-bond donors (Lipinski definition) is 3. The van der Waals surface area contributed by atoms with Crippen molar-refractivity contribution in [2.75, 3.05) is 32.0 Å². The third kappa shape index (κ3) is 4.43. The topological polar surface area (TPSA) is 83.0 Å². The van der Waals surface area contributed by atoms with E-state index >= 15 is 0 Å². The molecule has 1 saturated heterocycles. The van der Waals surface area contributed by atoms with Gasteiger partial charge in [0.25, 0.3) is 11.8 Å². The summed E-state index contributed by atoms with van der Waals surface area (Å²) in [6.07, 6.45) is 0. The molecule has 1 fully saturated rings. The lowest BCUT2D eigenvalue weighted by Crippen LogP contribution is -3.15. The predicted molar refractivity (Wildman–Crippen MR) is 86.4 cm³/mol. The molecule has 3 N–H and O–H groups in total. The van der Waals surface area contributed by atoms with E-state index in [0.717, 1.165) is 0 Å². The van der Waals surface area contributed by atoms with Crippen LogP contribution in [-0.2, 0) is 9.59 Å². The van der Waals surface area contributed by atoms with E-state index in [-0.39, 0.29) is 24.4 Å². The standard InChI is InChI=1S/C15H19ClN4O3/c1-10(14(22)20-8-7-17-15(20)23)19(2)9-13(21)18-12-5-3-11(16)4-6-12/h3-6,10H,7-9H2,1-2H3,(H,17,23)(H,18,21)/p+1/t10-/m0/s1. The number of anilines is 1. The number of carbonyl (C=O) groups is 3. The summed E-state index contributed by atoms with van der Waals surface area (Å²) in [6, 6.07) is 5.92. The predicted octanol–water partition coefficient (Wildman–Crippen LogP) is -0.266. The summed E-state index contributed by atoms with van der Waals surface area (Å²) in [4.78, 5) is 37.7. The number of halogens is 1. The number of likely N-dealkylation sites (N-methyl/N-ethyl adjacent to an activating group) is 1. The Balaban J connectivity index is 1.88. The van der Waals surface area contributed by atoms with Gasteiger partial charge in [-0.1, -0.05) is 11.6 Å². The fourth-order valence-electron chi connectivity index (χ4n) is 2.27. The Morgan fingerprint density at radius 3 is 2.61 bits per heavy atom. The molecular weight excluding hydrogens is 320 g/mol. The van der Waals surface area contributed by atoms with E-state index in [0.29, 0.717) is 28.7 Å². The van der Waals surface area contributed by atoms with E-state index in [1.54, 1.807) is 38.2 Å². The van der Waals surface area contributed by atoms with Gasteiger partial charge in [-0.3, -0.25) is 14.5 Å². The molecule has 8 heteroatoms. The summed E-state index contributed by atoms with van der Waals surface area (Å²) >= 11 is 5.79. The Kier molecular flexibility index (Phi) is 5.57. The van der Waals surface area contributed by atoms with E-state index in [2.05, 4.69) is 10.6 Å². The molecule has 1 aromatic rings. The number of carbonyl (C=O) groups excluding carboxylic acids is 3. The smallest absolute Gasteiger partial charge is 0.324 e. The fraction of sp³-hybridized carbons (Fsp3) is 0.400. The lowest BCUT2D eigenvalue weighted by Gasteiger charge is -2.23. The molecule has 2 rings (SSSR count). The summed E-state index contributed by atoms with van der Waals surface area (Å²) in [7, 11) is 1.75. The number of nitrogens with one attached hydrogen (secondary N) is 3. The molecule has 1 aromatic carbocycles. The second kappa shape index (κ2) is 7.43. The average molecular weight is 340 g/mol. The molecule has 7 nitrogen and oxygen atoms in total. The first-order chi connectivity index (χ1) is 10.9. The van der Waals surface area contributed by atoms with Gasteiger partial charge < -0.3 is 15.5 Å². The van der Waals surface area contributed by atoms with Gasteiger partial charge in [0, 0.05) is 23.8 Å². The highest BCUT2D eigenvalue weighted by atomic mass is 35.5. The molecule has 0 bridgehead atoms. The van der Waals surface area contributed by atoms with Gasteiger partial charge in [-0.25, -0.2) is 4.79 Å². The first-order valence-corrected chi connectivity index (χ1v) is 7.73. The van der Waals surface area contributed by atoms with Crippen molar-refractivity contribution in [3.63, 3.8) is 0 Å². The third-order valence-corrected chi connectivity index (χ3v) is 4.05. The lowest BCUT2D eigenvalue weighted by atomic mass is 10.2. The molecule has 1 aliphatic heterocycles. The fourth-order valence-corrected chi connectivity index (χ4v) is 2.40. The Hall–Kier alpha value is -2.12. The van der Waals surface area contributed by atoms with Crippen LogP contribution in [0.25, 0.3) is 0 Å². The summed E-state index contributed by atoms with van der Waals surface area (Å²) < 4.78 is 0. The second-order valence-electron chi connectivity index (χ2n) is 5.52. The summed E-state index contributed by atoms with van der Waals surface area (Å²) in [5, 5.41) is 5.93. The molecule has 1 unspecified atom stereocenters. The minimum Gasteiger partial charge on any atom is -0.336 e. The molecular formula is C15H20ClN4O3+. The van der Waals surface area contributed by atoms with Crippen LogP contribution in [0.15, 0.2) is 24.3 Å². The van der Waals surface area contributed by atoms with Crippen molar-refractivity contribution in [3.05, 3.63) is 29.3 Å². The van der Waals surface area contributed by atoms with Gasteiger partial charge in [0.15, 0.2) is 12.6 Å². The molecule has 23 heavy (non-hydrogen) atoms. The molecule has 4 amide bonds. The van der Waals surface area contributed by atoms with E-state index in [9.17, 15) is 14.4 Å². The Bertz CT molecular complexity index is 605. The highest BCUT2D eigenvalue weighted by Gasteiger charge is 2.34. The van der Waals surface area contributed by atoms with Gasteiger partial charge in [-0.05, 0) is 31.2 Å². The number of urea groups is 1. The first-order valence-electron chi connectivity index (χ1n) is 7.35. The van der Waals surface area contributed by atoms with Crippen LogP contribution in [0.3, 0.4) is 0 Å². The Morgan fingerprint density at radius 1 is 1.39 bits per heavy atom. The zero-order chi connectivity index (χ0) is 17.0. The molecule has 0 aliphatic carbocycles. The van der Waals surface area contributed by atoms with Gasteiger partial charge in [0.05, 0.1) is 7.05 Å². The monoisotopic (exact) mass is 339 g/mol. The van der Waals surface area contributed by atoms with Crippen LogP contribution in [0.2, 0.25) is 5.02 Å². The lowest BCUT2D eigenvalue weighted by molar-refractivity contribution is -0.886. The Morgan fingerprint density at radius 2 is 2.04 bits per heavy atom. The molecule has 124 valence electrons. The minimum atomic E-state index is -0.491. The van der Waals surface area contributed by atoms with Crippen molar-refractivity contribution < 1.29 is 19.3 Å². The zero-order valence-electron chi connectivity index (χ0n) is 13.1. The van der Waals surface area contributed by atoms with Crippen molar-refractivity contribution in [1.29, 1.82) is 0 Å². The van der Waals surface area contributed by atoms with Crippen molar-refractivity contribution >= 4 is 35.1 Å². The third-order valence-electron chi connectivity index (χ3n) is 3.80. The SMILES string of the molecule is C[C@@H](C(=O)N1CCNC1=O)[NH+](C)CC(=O)Nc1ccc(Cl)cc1. The van der Waals surface area contributed by atoms with Crippen molar-refractivity contribution in [2.45, 2.75) is 13.0 Å². The van der Waals surface area contributed by atoms with Crippen LogP contribution in [0.1, 0.15) is 6.92 Å². The van der Waals surface area contributed by atoms with Crippen molar-refractivity contribution in [2.24, 2.45) is 0 Å². The first kappa shape index (κ1) is 17.2. The number of benzene rings is 1. The van der Waals surface area contributed by atoms with Gasteiger partial charge in [-0.2, -0.15) is 0 Å². The molecule has 1 heterocycles. The highest BCUT2D eigenvalue weighted by Crippen LogP contribution is 2.12. The summed E-state index contributed by atoms with van der Waals surface area (Å²) in [5.74, 6) is -0.493. The molecule has 0 spiro atoms. The quantitative estimate of drug-likeness (QED) is 0.691. The van der Waals surface area contributed by atoms with E-state index < -0.39 is 6.04 Å². The van der Waals surface area contributed by atoms with Crippen molar-refractivity contribution in [1.82, 2.24) is 10.2 Å². The molecule has 1 aliphatic rings. The van der Waals surface area contributed by atoms with Crippen molar-refractivity contribution in [3.8, 4) is 0 Å². The molecule has 0 aromatic heterocycles. The van der Waals surface area contributed by atoms with Gasteiger partial charge >= 0.3 is 6.03 Å². The van der Waals surface area contributed by atoms with E-state index in [4.69, 9.17) is 11.6 Å². The number of imide groups is 1. The van der Waals surface area contributed by atoms with Gasteiger partial charge in [-0.15, -0.1) is 0 Å². The van der Waals surface area contributed by atoms with Crippen LogP contribution in [0.5, 0.6) is 0 Å². The largest absolute Gasteiger partial charge is 0.336 e. The number of amides is 4. The Labute approximate surface area is 139 Å². The highest BCUT2D eigenvalue weighted by molar-refractivity contribution is 6.30. The van der Waals surface area contributed by atoms with Crippen LogP contribution in [0.4, 0.5) is 10.5 Å². The average Bonchev–Trinajstić information content (AvgIpc) is 2.94. The maximum absolute atomic E-state index is 12.3. The zero-order valence-corrected chi connectivity index (χ0v) is 13.8. The number of rotatable bonds is 5. The molecule has 0 radical (unpaired) electrons. The van der Waals surface area contributed by atoms with E-state index in [1.165, 1.54) is 4.90 Å². The minimum absolute atomic E-state index is 0.116. The number of quaternary nitrogens is 1. The molecule has 2 atom stereocenters. The van der Waals surface area contributed by atoms with E-state index in [1.807, 2.05) is 0 Å². The van der Waals surface area contributed by atoms with Gasteiger partial charge in [0.1, 0.15) is 0 Å². The van der Waals surface area contributed by atoms with Crippen LogP contribution in [-0.4, -0.2) is 55.5 Å². The summed E-state index contributed by atoms with van der Waals surface area (Å²) in [5.41, 5.74) is 0.644.